The van der Waals surface area contributed by atoms with Crippen molar-refractivity contribution < 1.29 is 17.6 Å². The highest BCUT2D eigenvalue weighted by molar-refractivity contribution is 5.85. The van der Waals surface area contributed by atoms with Gasteiger partial charge in [-0.25, -0.2) is 4.39 Å². The van der Waals surface area contributed by atoms with Crippen LogP contribution in [0, 0.1) is 5.82 Å². The number of nitrogens with one attached hydrogen (secondary N) is 1. The highest BCUT2D eigenvalue weighted by atomic mass is 35.5. The van der Waals surface area contributed by atoms with E-state index in [9.17, 15) is 17.6 Å². The van der Waals surface area contributed by atoms with E-state index in [1.165, 1.54) is 0 Å². The van der Waals surface area contributed by atoms with E-state index < -0.39 is 23.6 Å². The molecule has 0 bridgehead atoms. The lowest BCUT2D eigenvalue weighted by Gasteiger charge is -2.33. The average molecular weight is 325 g/mol. The van der Waals surface area contributed by atoms with Gasteiger partial charge in [-0.05, 0) is 23.8 Å². The lowest BCUT2D eigenvalue weighted by molar-refractivity contribution is -0.137. The Labute approximate surface area is 127 Å². The van der Waals surface area contributed by atoms with E-state index in [1.54, 1.807) is 6.08 Å². The number of hydrogen-bond acceptors (Lipinski definition) is 2. The predicted octanol–water partition coefficient (Wildman–Crippen LogP) is 3.40. The van der Waals surface area contributed by atoms with Crippen LogP contribution in [0.25, 0.3) is 0 Å². The van der Waals surface area contributed by atoms with E-state index in [2.05, 4.69) is 11.9 Å². The number of piperazine rings is 1. The van der Waals surface area contributed by atoms with Gasteiger partial charge in [-0.1, -0.05) is 6.08 Å². The second kappa shape index (κ2) is 7.24. The Balaban J connectivity index is 0.00000220. The molecule has 2 nitrogen and oxygen atoms in total. The Hall–Kier alpha value is -1.11. The standard InChI is InChI=1S/C14H16F4N2.ClH/c1-2-13(20-5-3-19-4-6-20)10-7-11(14(16,17)18)9-12(15)8-10;/h2,7-9,13,19H,1,3-6H2;1H/t13-;/m1./s1. The molecule has 1 aromatic rings. The molecule has 7 heteroatoms. The molecule has 0 unspecified atom stereocenters. The SMILES string of the molecule is C=C[C@H](c1cc(F)cc(C(F)(F)F)c1)N1CCNCC1.Cl. The molecule has 1 atom stereocenters. The topological polar surface area (TPSA) is 15.3 Å². The Bertz CT molecular complexity index is 484. The molecule has 1 aliphatic rings. The molecule has 0 saturated carbocycles. The minimum Gasteiger partial charge on any atom is -0.314 e. The van der Waals surface area contributed by atoms with E-state index in [4.69, 9.17) is 0 Å². The van der Waals surface area contributed by atoms with Crippen LogP contribution in [0.3, 0.4) is 0 Å². The first kappa shape index (κ1) is 17.9. The number of halogens is 5. The number of alkyl halides is 3. The van der Waals surface area contributed by atoms with E-state index >= 15 is 0 Å². The van der Waals surface area contributed by atoms with Crippen LogP contribution < -0.4 is 5.32 Å². The zero-order valence-electron chi connectivity index (χ0n) is 11.3. The van der Waals surface area contributed by atoms with Crippen molar-refractivity contribution in [2.75, 3.05) is 26.2 Å². The quantitative estimate of drug-likeness (QED) is 0.677. The maximum Gasteiger partial charge on any atom is 0.416 e. The van der Waals surface area contributed by atoms with Crippen LogP contribution >= 0.6 is 12.4 Å². The Morgan fingerprint density at radius 2 is 1.81 bits per heavy atom. The van der Waals surface area contributed by atoms with Crippen LogP contribution in [0.2, 0.25) is 0 Å². The summed E-state index contributed by atoms with van der Waals surface area (Å²) >= 11 is 0. The van der Waals surface area contributed by atoms with Crippen molar-refractivity contribution in [2.45, 2.75) is 12.2 Å². The summed E-state index contributed by atoms with van der Waals surface area (Å²) in [5, 5.41) is 3.16. The van der Waals surface area contributed by atoms with Crippen molar-refractivity contribution in [3.8, 4) is 0 Å². The molecular weight excluding hydrogens is 308 g/mol. The van der Waals surface area contributed by atoms with Gasteiger partial charge in [0.05, 0.1) is 11.6 Å². The summed E-state index contributed by atoms with van der Waals surface area (Å²) in [4.78, 5) is 1.98. The van der Waals surface area contributed by atoms with Gasteiger partial charge in [-0.2, -0.15) is 13.2 Å². The van der Waals surface area contributed by atoms with Crippen molar-refractivity contribution in [1.29, 1.82) is 0 Å². The molecule has 1 N–H and O–H groups in total. The van der Waals surface area contributed by atoms with E-state index in [0.29, 0.717) is 19.2 Å². The predicted molar refractivity (Wildman–Crippen MR) is 76.0 cm³/mol. The lowest BCUT2D eigenvalue weighted by Crippen LogP contribution is -2.44. The van der Waals surface area contributed by atoms with Gasteiger partial charge in [0, 0.05) is 26.2 Å². The first-order valence-corrected chi connectivity index (χ1v) is 6.37. The summed E-state index contributed by atoms with van der Waals surface area (Å²) in [5.41, 5.74) is -0.677. The van der Waals surface area contributed by atoms with Gasteiger partial charge in [-0.15, -0.1) is 19.0 Å². The molecule has 1 saturated heterocycles. The average Bonchev–Trinajstić information content (AvgIpc) is 2.39. The van der Waals surface area contributed by atoms with Crippen LogP contribution in [-0.4, -0.2) is 31.1 Å². The molecular formula is C14H17ClF4N2. The van der Waals surface area contributed by atoms with E-state index in [-0.39, 0.29) is 18.0 Å². The van der Waals surface area contributed by atoms with Gasteiger partial charge in [0.25, 0.3) is 0 Å². The fourth-order valence-corrected chi connectivity index (χ4v) is 2.40. The summed E-state index contributed by atoms with van der Waals surface area (Å²) in [6, 6.07) is 2.25. The van der Waals surface area contributed by atoms with Crippen molar-refractivity contribution in [3.63, 3.8) is 0 Å². The van der Waals surface area contributed by atoms with Gasteiger partial charge in [0.15, 0.2) is 0 Å². The van der Waals surface area contributed by atoms with Gasteiger partial charge >= 0.3 is 6.18 Å². The molecule has 0 aliphatic carbocycles. The highest BCUT2D eigenvalue weighted by Gasteiger charge is 2.32. The number of rotatable bonds is 3. The molecule has 0 radical (unpaired) electrons. The molecule has 1 heterocycles. The summed E-state index contributed by atoms with van der Waals surface area (Å²) in [7, 11) is 0. The molecule has 118 valence electrons. The van der Waals surface area contributed by atoms with Gasteiger partial charge < -0.3 is 5.32 Å². The van der Waals surface area contributed by atoms with E-state index in [1.807, 2.05) is 4.90 Å². The zero-order chi connectivity index (χ0) is 14.8. The molecule has 1 fully saturated rings. The van der Waals surface area contributed by atoms with Gasteiger partial charge in [0.2, 0.25) is 0 Å². The normalized spacial score (nSPS) is 17.9. The Morgan fingerprint density at radius 1 is 1.19 bits per heavy atom. The van der Waals surface area contributed by atoms with Crippen LogP contribution in [0.15, 0.2) is 30.9 Å². The Kier molecular flexibility index (Phi) is 6.19. The largest absolute Gasteiger partial charge is 0.416 e. The van der Waals surface area contributed by atoms with Crippen molar-refractivity contribution in [2.24, 2.45) is 0 Å². The summed E-state index contributed by atoms with van der Waals surface area (Å²) in [6.45, 7) is 6.56. The fourth-order valence-electron chi connectivity index (χ4n) is 2.40. The van der Waals surface area contributed by atoms with Crippen molar-refractivity contribution in [1.82, 2.24) is 10.2 Å². The van der Waals surface area contributed by atoms with Crippen LogP contribution in [0.4, 0.5) is 17.6 Å². The van der Waals surface area contributed by atoms with Crippen LogP contribution in [-0.2, 0) is 6.18 Å². The maximum absolute atomic E-state index is 13.5. The summed E-state index contributed by atoms with van der Waals surface area (Å²) in [6.07, 6.45) is -2.99. The maximum atomic E-state index is 13.5. The molecule has 1 aliphatic heterocycles. The molecule has 1 aromatic carbocycles. The third kappa shape index (κ3) is 4.43. The summed E-state index contributed by atoms with van der Waals surface area (Å²) < 4.78 is 51.7. The second-order valence-electron chi connectivity index (χ2n) is 4.74. The van der Waals surface area contributed by atoms with Gasteiger partial charge in [0.1, 0.15) is 5.82 Å². The minimum atomic E-state index is -4.55. The Morgan fingerprint density at radius 3 is 2.33 bits per heavy atom. The first-order valence-electron chi connectivity index (χ1n) is 6.37. The highest BCUT2D eigenvalue weighted by Crippen LogP contribution is 2.33. The van der Waals surface area contributed by atoms with Crippen LogP contribution in [0.5, 0.6) is 0 Å². The third-order valence-corrected chi connectivity index (χ3v) is 3.36. The number of hydrogen-bond donors (Lipinski definition) is 1. The second-order valence-corrected chi connectivity index (χ2v) is 4.74. The molecule has 2 rings (SSSR count). The number of nitrogens with zero attached hydrogens (tertiary/aromatic N) is 1. The summed E-state index contributed by atoms with van der Waals surface area (Å²) in [5.74, 6) is -0.878. The van der Waals surface area contributed by atoms with E-state index in [0.717, 1.165) is 25.2 Å². The lowest BCUT2D eigenvalue weighted by atomic mass is 10.0. The third-order valence-electron chi connectivity index (χ3n) is 3.36. The zero-order valence-corrected chi connectivity index (χ0v) is 12.1. The smallest absolute Gasteiger partial charge is 0.314 e. The van der Waals surface area contributed by atoms with Crippen LogP contribution in [0.1, 0.15) is 17.2 Å². The number of benzene rings is 1. The fraction of sp³-hybridized carbons (Fsp3) is 0.429. The molecule has 0 aromatic heterocycles. The molecule has 21 heavy (non-hydrogen) atoms. The van der Waals surface area contributed by atoms with Crippen molar-refractivity contribution in [3.05, 3.63) is 47.8 Å². The van der Waals surface area contributed by atoms with Gasteiger partial charge in [-0.3, -0.25) is 4.90 Å². The first-order chi connectivity index (χ1) is 9.41. The minimum absolute atomic E-state index is 0. The monoisotopic (exact) mass is 324 g/mol. The molecule has 0 amide bonds. The molecule has 0 spiro atoms. The van der Waals surface area contributed by atoms with Crippen molar-refractivity contribution >= 4 is 12.4 Å².